The lowest BCUT2D eigenvalue weighted by Gasteiger charge is -2.11. The van der Waals surface area contributed by atoms with Crippen molar-refractivity contribution in [3.8, 4) is 0 Å². The van der Waals surface area contributed by atoms with E-state index in [9.17, 15) is 4.79 Å². The number of para-hydroxylation sites is 1. The fourth-order valence-electron chi connectivity index (χ4n) is 1.99. The molecule has 0 aliphatic heterocycles. The molecule has 0 spiro atoms. The number of aliphatic imine (C=N–C) groups is 1. The summed E-state index contributed by atoms with van der Waals surface area (Å²) in [7, 11) is 0. The number of halogens is 2. The number of carbonyl (C=O) groups is 1. The van der Waals surface area contributed by atoms with E-state index in [2.05, 4.69) is 20.9 Å². The van der Waals surface area contributed by atoms with Gasteiger partial charge in [-0.1, -0.05) is 41.9 Å². The Morgan fingerprint density at radius 3 is 2.36 bits per heavy atom. The Morgan fingerprint density at radius 1 is 1.04 bits per heavy atom. The first-order valence-electron chi connectivity index (χ1n) is 7.79. The molecule has 0 atom stereocenters. The summed E-state index contributed by atoms with van der Waals surface area (Å²) in [5.74, 6) is 0.467. The summed E-state index contributed by atoms with van der Waals surface area (Å²) in [6, 6.07) is 16.9. The van der Waals surface area contributed by atoms with Crippen LogP contribution in [0.5, 0.6) is 0 Å². The maximum Gasteiger partial charge on any atom is 0.243 e. The van der Waals surface area contributed by atoms with Gasteiger partial charge in [0.05, 0.1) is 13.1 Å². The van der Waals surface area contributed by atoms with Crippen molar-refractivity contribution in [2.24, 2.45) is 4.99 Å². The van der Waals surface area contributed by atoms with Crippen LogP contribution in [-0.2, 0) is 11.3 Å². The molecule has 0 aliphatic carbocycles. The van der Waals surface area contributed by atoms with Crippen molar-refractivity contribution in [2.75, 3.05) is 18.4 Å². The molecular weight excluding hydrogens is 451 g/mol. The second-order valence-electron chi connectivity index (χ2n) is 5.09. The van der Waals surface area contributed by atoms with E-state index in [0.29, 0.717) is 24.1 Å². The molecule has 0 saturated heterocycles. The molecule has 0 heterocycles. The quantitative estimate of drug-likeness (QED) is 0.342. The molecule has 0 aromatic heterocycles. The molecule has 7 heteroatoms. The van der Waals surface area contributed by atoms with Gasteiger partial charge in [-0.3, -0.25) is 4.79 Å². The van der Waals surface area contributed by atoms with Crippen LogP contribution in [0.3, 0.4) is 0 Å². The molecule has 0 bridgehead atoms. The number of carbonyl (C=O) groups excluding carboxylic acids is 1. The maximum absolute atomic E-state index is 12.0. The SMILES string of the molecule is CCNC(=NCc1ccc(Cl)cc1)NCC(=O)Nc1ccccc1.I. The molecule has 1 amide bonds. The zero-order valence-electron chi connectivity index (χ0n) is 14.0. The first-order valence-corrected chi connectivity index (χ1v) is 8.16. The van der Waals surface area contributed by atoms with Gasteiger partial charge in [0.15, 0.2) is 5.96 Å². The Morgan fingerprint density at radius 2 is 1.72 bits per heavy atom. The van der Waals surface area contributed by atoms with E-state index in [1.54, 1.807) is 0 Å². The van der Waals surface area contributed by atoms with Crippen molar-refractivity contribution in [1.82, 2.24) is 10.6 Å². The minimum absolute atomic E-state index is 0. The zero-order chi connectivity index (χ0) is 17.2. The summed E-state index contributed by atoms with van der Waals surface area (Å²) in [5.41, 5.74) is 1.82. The standard InChI is InChI=1S/C18H21ClN4O.HI/c1-2-20-18(21-12-14-8-10-15(19)11-9-14)22-13-17(24)23-16-6-4-3-5-7-16;/h3-11H,2,12-13H2,1H3,(H,23,24)(H2,20,21,22);1H. The number of anilines is 1. The average molecular weight is 473 g/mol. The van der Waals surface area contributed by atoms with Crippen LogP contribution in [0.15, 0.2) is 59.6 Å². The highest BCUT2D eigenvalue weighted by molar-refractivity contribution is 14.0. The van der Waals surface area contributed by atoms with Gasteiger partial charge in [0.1, 0.15) is 0 Å². The van der Waals surface area contributed by atoms with Crippen LogP contribution in [0.25, 0.3) is 0 Å². The summed E-state index contributed by atoms with van der Waals surface area (Å²) >= 11 is 5.87. The Labute approximate surface area is 170 Å². The van der Waals surface area contributed by atoms with Crippen LogP contribution >= 0.6 is 35.6 Å². The zero-order valence-corrected chi connectivity index (χ0v) is 17.0. The van der Waals surface area contributed by atoms with Crippen molar-refractivity contribution in [3.63, 3.8) is 0 Å². The Balaban J connectivity index is 0.00000312. The average Bonchev–Trinajstić information content (AvgIpc) is 2.59. The summed E-state index contributed by atoms with van der Waals surface area (Å²) in [5, 5.41) is 9.66. The van der Waals surface area contributed by atoms with Gasteiger partial charge < -0.3 is 16.0 Å². The van der Waals surface area contributed by atoms with Crippen LogP contribution in [0.1, 0.15) is 12.5 Å². The van der Waals surface area contributed by atoms with E-state index in [1.807, 2.05) is 61.5 Å². The fourth-order valence-corrected chi connectivity index (χ4v) is 2.12. The molecule has 2 rings (SSSR count). The first-order chi connectivity index (χ1) is 11.7. The highest BCUT2D eigenvalue weighted by atomic mass is 127. The second kappa shape index (κ2) is 11.7. The molecule has 0 unspecified atom stereocenters. The molecule has 25 heavy (non-hydrogen) atoms. The Kier molecular flexibility index (Phi) is 9.94. The number of nitrogens with zero attached hydrogens (tertiary/aromatic N) is 1. The van der Waals surface area contributed by atoms with Crippen molar-refractivity contribution in [3.05, 3.63) is 65.2 Å². The number of amides is 1. The number of benzene rings is 2. The first kappa shape index (κ1) is 21.2. The molecule has 134 valence electrons. The summed E-state index contributed by atoms with van der Waals surface area (Å²) < 4.78 is 0. The molecule has 3 N–H and O–H groups in total. The minimum atomic E-state index is -0.127. The van der Waals surface area contributed by atoms with Gasteiger partial charge in [-0.2, -0.15) is 0 Å². The van der Waals surface area contributed by atoms with Crippen molar-refractivity contribution in [1.29, 1.82) is 0 Å². The van der Waals surface area contributed by atoms with E-state index in [4.69, 9.17) is 11.6 Å². The van der Waals surface area contributed by atoms with Crippen LogP contribution < -0.4 is 16.0 Å². The fraction of sp³-hybridized carbons (Fsp3) is 0.222. The van der Waals surface area contributed by atoms with Gasteiger partial charge in [-0.15, -0.1) is 24.0 Å². The lowest BCUT2D eigenvalue weighted by Crippen LogP contribution is -2.41. The third-order valence-corrected chi connectivity index (χ3v) is 3.40. The van der Waals surface area contributed by atoms with E-state index in [1.165, 1.54) is 0 Å². The van der Waals surface area contributed by atoms with E-state index in [-0.39, 0.29) is 36.4 Å². The maximum atomic E-state index is 12.0. The van der Waals surface area contributed by atoms with Gasteiger partial charge in [0.2, 0.25) is 5.91 Å². The molecule has 2 aromatic carbocycles. The Hall–Kier alpha value is -1.80. The monoisotopic (exact) mass is 472 g/mol. The van der Waals surface area contributed by atoms with E-state index < -0.39 is 0 Å². The molecule has 0 saturated carbocycles. The molecule has 2 aromatic rings. The normalized spacial score (nSPS) is 10.6. The van der Waals surface area contributed by atoms with Crippen LogP contribution in [0, 0.1) is 0 Å². The lowest BCUT2D eigenvalue weighted by molar-refractivity contribution is -0.115. The number of nitrogens with one attached hydrogen (secondary N) is 3. The van der Waals surface area contributed by atoms with E-state index >= 15 is 0 Å². The number of rotatable bonds is 6. The largest absolute Gasteiger partial charge is 0.357 e. The van der Waals surface area contributed by atoms with Crippen LogP contribution in [0.4, 0.5) is 5.69 Å². The van der Waals surface area contributed by atoms with Gasteiger partial charge in [-0.25, -0.2) is 4.99 Å². The smallest absolute Gasteiger partial charge is 0.243 e. The predicted octanol–water partition coefficient (Wildman–Crippen LogP) is 3.65. The lowest BCUT2D eigenvalue weighted by atomic mass is 10.2. The van der Waals surface area contributed by atoms with Gasteiger partial charge in [0, 0.05) is 17.3 Å². The van der Waals surface area contributed by atoms with E-state index in [0.717, 1.165) is 11.3 Å². The predicted molar refractivity (Wildman–Crippen MR) is 115 cm³/mol. The van der Waals surface area contributed by atoms with Gasteiger partial charge >= 0.3 is 0 Å². The van der Waals surface area contributed by atoms with Crippen molar-refractivity contribution < 1.29 is 4.79 Å². The van der Waals surface area contributed by atoms with Crippen LogP contribution in [0.2, 0.25) is 5.02 Å². The molecule has 5 nitrogen and oxygen atoms in total. The summed E-state index contributed by atoms with van der Waals surface area (Å²) in [4.78, 5) is 16.4. The Bertz CT molecular complexity index is 677. The third kappa shape index (κ3) is 8.22. The van der Waals surface area contributed by atoms with Crippen molar-refractivity contribution in [2.45, 2.75) is 13.5 Å². The number of hydrogen-bond acceptors (Lipinski definition) is 2. The number of hydrogen-bond donors (Lipinski definition) is 3. The highest BCUT2D eigenvalue weighted by Crippen LogP contribution is 2.10. The third-order valence-electron chi connectivity index (χ3n) is 3.15. The molecule has 0 radical (unpaired) electrons. The second-order valence-corrected chi connectivity index (χ2v) is 5.53. The van der Waals surface area contributed by atoms with Gasteiger partial charge in [0.25, 0.3) is 0 Å². The molecule has 0 fully saturated rings. The highest BCUT2D eigenvalue weighted by Gasteiger charge is 2.04. The number of guanidine groups is 1. The topological polar surface area (TPSA) is 65.5 Å². The van der Waals surface area contributed by atoms with Gasteiger partial charge in [-0.05, 0) is 36.8 Å². The summed E-state index contributed by atoms with van der Waals surface area (Å²) in [6.07, 6.45) is 0. The summed E-state index contributed by atoms with van der Waals surface area (Å²) in [6.45, 7) is 3.34. The van der Waals surface area contributed by atoms with Crippen molar-refractivity contribution >= 4 is 53.1 Å². The molecule has 0 aliphatic rings. The van der Waals surface area contributed by atoms with Crippen LogP contribution in [-0.4, -0.2) is 25.0 Å². The molecular formula is C18H22ClIN4O. The minimum Gasteiger partial charge on any atom is -0.357 e.